The average Bonchev–Trinajstić information content (AvgIpc) is 3.23. The van der Waals surface area contributed by atoms with Crippen molar-refractivity contribution in [2.45, 2.75) is 25.8 Å². The van der Waals surface area contributed by atoms with Gasteiger partial charge in [-0.1, -0.05) is 0 Å². The molecule has 6 heteroatoms. The Morgan fingerprint density at radius 1 is 1.45 bits per heavy atom. The van der Waals surface area contributed by atoms with Crippen LogP contribution in [0, 0.1) is 5.82 Å². The van der Waals surface area contributed by atoms with Gasteiger partial charge in [0.2, 0.25) is 0 Å². The Morgan fingerprint density at radius 3 is 2.70 bits per heavy atom. The van der Waals surface area contributed by atoms with E-state index in [1.165, 1.54) is 23.1 Å². The summed E-state index contributed by atoms with van der Waals surface area (Å²) in [6, 6.07) is 4.25. The van der Waals surface area contributed by atoms with E-state index in [4.69, 9.17) is 4.74 Å². The molecule has 0 heterocycles. The van der Waals surface area contributed by atoms with E-state index in [1.54, 1.807) is 6.92 Å². The number of amides is 1. The lowest BCUT2D eigenvalue weighted by molar-refractivity contribution is -0.144. The third kappa shape index (κ3) is 3.56. The number of hydrogen-bond acceptors (Lipinski definition) is 3. The molecule has 20 heavy (non-hydrogen) atoms. The second-order valence-corrected chi connectivity index (χ2v) is 5.45. The van der Waals surface area contributed by atoms with E-state index < -0.39 is 11.8 Å². The van der Waals surface area contributed by atoms with Gasteiger partial charge in [0.05, 0.1) is 11.1 Å². The zero-order valence-electron chi connectivity index (χ0n) is 11.1. The van der Waals surface area contributed by atoms with Gasteiger partial charge in [0.1, 0.15) is 12.4 Å². The van der Waals surface area contributed by atoms with Crippen molar-refractivity contribution in [2.75, 3.05) is 13.2 Å². The number of carbonyl (C=O) groups is 2. The smallest absolute Gasteiger partial charge is 0.325 e. The first-order valence-corrected chi connectivity index (χ1v) is 7.24. The van der Waals surface area contributed by atoms with Gasteiger partial charge >= 0.3 is 5.97 Å². The van der Waals surface area contributed by atoms with Crippen molar-refractivity contribution in [3.63, 3.8) is 0 Å². The van der Waals surface area contributed by atoms with Crippen LogP contribution >= 0.6 is 15.9 Å². The summed E-state index contributed by atoms with van der Waals surface area (Å²) in [6.07, 6.45) is 1.73. The summed E-state index contributed by atoms with van der Waals surface area (Å²) in [6.45, 7) is 1.90. The van der Waals surface area contributed by atoms with E-state index in [9.17, 15) is 14.0 Å². The van der Waals surface area contributed by atoms with Gasteiger partial charge in [-0.05, 0) is 53.9 Å². The predicted octanol–water partition coefficient (Wildman–Crippen LogP) is 2.76. The molecule has 0 aliphatic heterocycles. The fourth-order valence-corrected chi connectivity index (χ4v) is 2.14. The van der Waals surface area contributed by atoms with Crippen LogP contribution in [0.2, 0.25) is 0 Å². The van der Waals surface area contributed by atoms with Crippen molar-refractivity contribution in [3.8, 4) is 0 Å². The lowest BCUT2D eigenvalue weighted by Gasteiger charge is -2.21. The van der Waals surface area contributed by atoms with Crippen molar-refractivity contribution < 1.29 is 18.7 Å². The second kappa shape index (κ2) is 6.35. The van der Waals surface area contributed by atoms with Crippen LogP contribution in [0.4, 0.5) is 4.39 Å². The van der Waals surface area contributed by atoms with Gasteiger partial charge in [0.15, 0.2) is 0 Å². The molecule has 1 amide bonds. The summed E-state index contributed by atoms with van der Waals surface area (Å²) in [4.78, 5) is 25.4. The molecule has 0 aromatic heterocycles. The number of rotatable bonds is 5. The molecule has 108 valence electrons. The highest BCUT2D eigenvalue weighted by Gasteiger charge is 2.34. The maximum absolute atomic E-state index is 13.5. The molecule has 4 nitrogen and oxygen atoms in total. The van der Waals surface area contributed by atoms with E-state index in [0.717, 1.165) is 12.8 Å². The largest absolute Gasteiger partial charge is 0.465 e. The Hall–Kier alpha value is -1.43. The van der Waals surface area contributed by atoms with Crippen LogP contribution in [0.5, 0.6) is 0 Å². The van der Waals surface area contributed by atoms with Crippen molar-refractivity contribution in [1.29, 1.82) is 0 Å². The lowest BCUT2D eigenvalue weighted by Crippen LogP contribution is -2.38. The monoisotopic (exact) mass is 343 g/mol. The van der Waals surface area contributed by atoms with E-state index in [-0.39, 0.29) is 30.7 Å². The van der Waals surface area contributed by atoms with Crippen LogP contribution < -0.4 is 0 Å². The molecular formula is C14H15BrFNO3. The van der Waals surface area contributed by atoms with Crippen molar-refractivity contribution in [2.24, 2.45) is 0 Å². The van der Waals surface area contributed by atoms with Gasteiger partial charge in [0.25, 0.3) is 5.91 Å². The molecule has 1 aliphatic carbocycles. The lowest BCUT2D eigenvalue weighted by atomic mass is 10.2. The van der Waals surface area contributed by atoms with Gasteiger partial charge < -0.3 is 9.64 Å². The number of nitrogens with zero attached hydrogens (tertiary/aromatic N) is 1. The number of esters is 1. The quantitative estimate of drug-likeness (QED) is 0.772. The number of halogens is 2. The molecule has 0 saturated heterocycles. The van der Waals surface area contributed by atoms with Gasteiger partial charge in [-0.15, -0.1) is 0 Å². The van der Waals surface area contributed by atoms with Crippen molar-refractivity contribution in [1.82, 2.24) is 4.90 Å². The standard InChI is InChI=1S/C14H15BrFNO3/c1-2-20-13(18)8-17(10-4-5-10)14(19)9-3-6-11(15)12(16)7-9/h3,6-7,10H,2,4-5,8H2,1H3. The molecule has 1 aromatic carbocycles. The molecule has 1 fully saturated rings. The van der Waals surface area contributed by atoms with Crippen LogP contribution in [-0.4, -0.2) is 36.0 Å². The van der Waals surface area contributed by atoms with Crippen LogP contribution in [0.25, 0.3) is 0 Å². The highest BCUT2D eigenvalue weighted by molar-refractivity contribution is 9.10. The number of carbonyl (C=O) groups excluding carboxylic acids is 2. The zero-order valence-corrected chi connectivity index (χ0v) is 12.7. The summed E-state index contributed by atoms with van der Waals surface area (Å²) >= 11 is 3.04. The zero-order chi connectivity index (χ0) is 14.7. The molecule has 0 N–H and O–H groups in total. The van der Waals surface area contributed by atoms with E-state index in [1.807, 2.05) is 0 Å². The van der Waals surface area contributed by atoms with E-state index in [0.29, 0.717) is 4.47 Å². The van der Waals surface area contributed by atoms with Gasteiger partial charge in [0, 0.05) is 11.6 Å². The Balaban J connectivity index is 2.14. The normalized spacial score (nSPS) is 13.9. The molecule has 1 saturated carbocycles. The fraction of sp³-hybridized carbons (Fsp3) is 0.429. The SMILES string of the molecule is CCOC(=O)CN(C(=O)c1ccc(Br)c(F)c1)C1CC1. The highest BCUT2D eigenvalue weighted by Crippen LogP contribution is 2.28. The molecule has 1 aromatic rings. The van der Waals surface area contributed by atoms with Crippen LogP contribution in [0.3, 0.4) is 0 Å². The summed E-state index contributed by atoms with van der Waals surface area (Å²) in [5.41, 5.74) is 0.238. The third-order valence-corrected chi connectivity index (χ3v) is 3.66. The van der Waals surface area contributed by atoms with Gasteiger partial charge in [-0.2, -0.15) is 0 Å². The van der Waals surface area contributed by atoms with Crippen LogP contribution in [0.15, 0.2) is 22.7 Å². The maximum Gasteiger partial charge on any atom is 0.325 e. The van der Waals surface area contributed by atoms with Crippen LogP contribution in [-0.2, 0) is 9.53 Å². The maximum atomic E-state index is 13.5. The topological polar surface area (TPSA) is 46.6 Å². The Bertz CT molecular complexity index is 531. The fourth-order valence-electron chi connectivity index (χ4n) is 1.89. The molecule has 0 bridgehead atoms. The first-order valence-electron chi connectivity index (χ1n) is 6.44. The first-order chi connectivity index (χ1) is 9.52. The first kappa shape index (κ1) is 15.0. The molecule has 0 radical (unpaired) electrons. The molecule has 2 rings (SSSR count). The molecule has 0 atom stereocenters. The average molecular weight is 344 g/mol. The molecule has 0 unspecified atom stereocenters. The molecule has 1 aliphatic rings. The summed E-state index contributed by atoms with van der Waals surface area (Å²) in [5, 5.41) is 0. The van der Waals surface area contributed by atoms with E-state index >= 15 is 0 Å². The summed E-state index contributed by atoms with van der Waals surface area (Å²) in [7, 11) is 0. The third-order valence-electron chi connectivity index (χ3n) is 3.02. The minimum atomic E-state index is -0.497. The van der Waals surface area contributed by atoms with E-state index in [2.05, 4.69) is 15.9 Å². The minimum absolute atomic E-state index is 0.0543. The number of ether oxygens (including phenoxy) is 1. The summed E-state index contributed by atoms with van der Waals surface area (Å²) in [5.74, 6) is -1.28. The van der Waals surface area contributed by atoms with Crippen LogP contribution in [0.1, 0.15) is 30.1 Å². The van der Waals surface area contributed by atoms with Gasteiger partial charge in [-0.25, -0.2) is 4.39 Å². The molecule has 0 spiro atoms. The Kier molecular flexibility index (Phi) is 4.75. The number of benzene rings is 1. The second-order valence-electron chi connectivity index (χ2n) is 4.60. The summed E-state index contributed by atoms with van der Waals surface area (Å²) < 4.78 is 18.7. The Labute approximate surface area is 125 Å². The van der Waals surface area contributed by atoms with Crippen molar-refractivity contribution >= 4 is 27.8 Å². The minimum Gasteiger partial charge on any atom is -0.465 e. The molecular weight excluding hydrogens is 329 g/mol. The van der Waals surface area contributed by atoms with Gasteiger partial charge in [-0.3, -0.25) is 9.59 Å². The number of hydrogen-bond donors (Lipinski definition) is 0. The predicted molar refractivity (Wildman–Crippen MR) is 74.8 cm³/mol. The Morgan fingerprint density at radius 2 is 2.15 bits per heavy atom. The van der Waals surface area contributed by atoms with Crippen molar-refractivity contribution in [3.05, 3.63) is 34.1 Å². The highest BCUT2D eigenvalue weighted by atomic mass is 79.9.